The Morgan fingerprint density at radius 1 is 1.23 bits per heavy atom. The summed E-state index contributed by atoms with van der Waals surface area (Å²) in [7, 11) is 0. The van der Waals surface area contributed by atoms with E-state index in [4.69, 9.17) is 10.5 Å². The number of hydrogen-bond donors (Lipinski definition) is 2. The fraction of sp³-hybridized carbons (Fsp3) is 0.941. The van der Waals surface area contributed by atoms with Crippen molar-refractivity contribution >= 4 is 18.3 Å². The predicted octanol–water partition coefficient (Wildman–Crippen LogP) is 2.88. The highest BCUT2D eigenvalue weighted by atomic mass is 35.5. The average molecular weight is 333 g/mol. The number of rotatable bonds is 3. The Labute approximate surface area is 141 Å². The lowest BCUT2D eigenvalue weighted by molar-refractivity contribution is -0.127. The lowest BCUT2D eigenvalue weighted by Crippen LogP contribution is -2.46. The fourth-order valence-electron chi connectivity index (χ4n) is 3.85. The maximum Gasteiger partial charge on any atom is 0.223 e. The van der Waals surface area contributed by atoms with Crippen molar-refractivity contribution in [3.8, 4) is 0 Å². The molecule has 2 aliphatic rings. The first-order valence-electron chi connectivity index (χ1n) is 8.53. The smallest absolute Gasteiger partial charge is 0.223 e. The molecule has 22 heavy (non-hydrogen) atoms. The molecule has 1 aliphatic heterocycles. The van der Waals surface area contributed by atoms with Crippen LogP contribution in [0.15, 0.2) is 0 Å². The Morgan fingerprint density at radius 2 is 1.95 bits per heavy atom. The van der Waals surface area contributed by atoms with Crippen LogP contribution in [0.25, 0.3) is 0 Å². The number of ether oxygens (including phenoxy) is 1. The SMILES string of the molecule is CC(C)(C)C1OCCCC1CNC(=O)C1CCCC(N)C1.Cl. The van der Waals surface area contributed by atoms with Gasteiger partial charge in [0, 0.05) is 31.0 Å². The minimum atomic E-state index is 0. The third-order valence-electron chi connectivity index (χ3n) is 4.92. The van der Waals surface area contributed by atoms with Crippen LogP contribution in [0.2, 0.25) is 0 Å². The maximum absolute atomic E-state index is 12.3. The predicted molar refractivity (Wildman–Crippen MR) is 92.1 cm³/mol. The van der Waals surface area contributed by atoms with Crippen LogP contribution in [-0.4, -0.2) is 31.2 Å². The van der Waals surface area contributed by atoms with Crippen LogP contribution in [0.5, 0.6) is 0 Å². The number of nitrogens with one attached hydrogen (secondary N) is 1. The summed E-state index contributed by atoms with van der Waals surface area (Å²) in [4.78, 5) is 12.3. The zero-order valence-corrected chi connectivity index (χ0v) is 15.1. The number of halogens is 1. The quantitative estimate of drug-likeness (QED) is 0.835. The van der Waals surface area contributed by atoms with E-state index in [-0.39, 0.29) is 41.8 Å². The van der Waals surface area contributed by atoms with Crippen molar-refractivity contribution in [3.05, 3.63) is 0 Å². The molecule has 3 N–H and O–H groups in total. The summed E-state index contributed by atoms with van der Waals surface area (Å²) in [6.07, 6.45) is 6.45. The molecule has 0 aromatic heterocycles. The molecule has 4 unspecified atom stereocenters. The Balaban J connectivity index is 0.00000242. The van der Waals surface area contributed by atoms with Crippen molar-refractivity contribution in [2.24, 2.45) is 23.0 Å². The molecule has 130 valence electrons. The molecule has 5 heteroatoms. The van der Waals surface area contributed by atoms with Gasteiger partial charge in [0.2, 0.25) is 5.91 Å². The lowest BCUT2D eigenvalue weighted by Gasteiger charge is -2.40. The minimum absolute atomic E-state index is 0. The van der Waals surface area contributed by atoms with Gasteiger partial charge in [0.25, 0.3) is 0 Å². The highest BCUT2D eigenvalue weighted by Crippen LogP contribution is 2.33. The Morgan fingerprint density at radius 3 is 2.59 bits per heavy atom. The Bertz CT molecular complexity index is 357. The van der Waals surface area contributed by atoms with E-state index < -0.39 is 0 Å². The van der Waals surface area contributed by atoms with E-state index in [1.807, 2.05) is 0 Å². The van der Waals surface area contributed by atoms with Crippen LogP contribution in [0.1, 0.15) is 59.3 Å². The first kappa shape index (κ1) is 19.7. The number of carbonyl (C=O) groups is 1. The summed E-state index contributed by atoms with van der Waals surface area (Å²) >= 11 is 0. The summed E-state index contributed by atoms with van der Waals surface area (Å²) in [6.45, 7) is 8.25. The fourth-order valence-corrected chi connectivity index (χ4v) is 3.85. The molecule has 0 spiro atoms. The third-order valence-corrected chi connectivity index (χ3v) is 4.92. The molecule has 1 saturated heterocycles. The van der Waals surface area contributed by atoms with Gasteiger partial charge in [-0.2, -0.15) is 0 Å². The van der Waals surface area contributed by atoms with Gasteiger partial charge in [-0.1, -0.05) is 27.2 Å². The molecular weight excluding hydrogens is 300 g/mol. The van der Waals surface area contributed by atoms with Gasteiger partial charge in [0.05, 0.1) is 6.10 Å². The highest BCUT2D eigenvalue weighted by Gasteiger charge is 2.36. The van der Waals surface area contributed by atoms with Gasteiger partial charge in [0.15, 0.2) is 0 Å². The van der Waals surface area contributed by atoms with E-state index in [9.17, 15) is 4.79 Å². The molecule has 2 rings (SSSR count). The molecule has 0 bridgehead atoms. The van der Waals surface area contributed by atoms with Crippen molar-refractivity contribution in [2.45, 2.75) is 71.4 Å². The van der Waals surface area contributed by atoms with E-state index in [0.29, 0.717) is 5.92 Å². The van der Waals surface area contributed by atoms with E-state index in [2.05, 4.69) is 26.1 Å². The first-order chi connectivity index (χ1) is 9.88. The normalized spacial score (nSPS) is 32.9. The van der Waals surface area contributed by atoms with Crippen molar-refractivity contribution in [1.82, 2.24) is 5.32 Å². The summed E-state index contributed by atoms with van der Waals surface area (Å²) in [5.41, 5.74) is 6.11. The van der Waals surface area contributed by atoms with Crippen molar-refractivity contribution in [2.75, 3.05) is 13.2 Å². The summed E-state index contributed by atoms with van der Waals surface area (Å²) in [5.74, 6) is 0.745. The Hall–Kier alpha value is -0.320. The van der Waals surface area contributed by atoms with Gasteiger partial charge in [-0.3, -0.25) is 4.79 Å². The molecule has 1 heterocycles. The first-order valence-corrected chi connectivity index (χ1v) is 8.53. The van der Waals surface area contributed by atoms with Gasteiger partial charge in [-0.25, -0.2) is 0 Å². The van der Waals surface area contributed by atoms with E-state index >= 15 is 0 Å². The molecule has 2 fully saturated rings. The standard InChI is InChI=1S/C17H32N2O2.ClH/c1-17(2,3)15-13(7-5-9-21-15)11-19-16(20)12-6-4-8-14(18)10-12;/h12-15H,4-11,18H2,1-3H3,(H,19,20);1H. The van der Waals surface area contributed by atoms with Crippen LogP contribution in [-0.2, 0) is 9.53 Å². The molecule has 1 saturated carbocycles. The van der Waals surface area contributed by atoms with Gasteiger partial charge < -0.3 is 15.8 Å². The van der Waals surface area contributed by atoms with Gasteiger partial charge in [0.1, 0.15) is 0 Å². The van der Waals surface area contributed by atoms with Crippen LogP contribution in [0, 0.1) is 17.3 Å². The second kappa shape index (κ2) is 8.51. The van der Waals surface area contributed by atoms with Gasteiger partial charge >= 0.3 is 0 Å². The summed E-state index contributed by atoms with van der Waals surface area (Å²) in [6, 6.07) is 0.204. The third kappa shape index (κ3) is 5.39. The molecule has 1 amide bonds. The lowest BCUT2D eigenvalue weighted by atomic mass is 9.78. The van der Waals surface area contributed by atoms with E-state index in [0.717, 1.165) is 51.7 Å². The number of hydrogen-bond acceptors (Lipinski definition) is 3. The number of carbonyl (C=O) groups excluding carboxylic acids is 1. The van der Waals surface area contributed by atoms with Crippen LogP contribution in [0.4, 0.5) is 0 Å². The van der Waals surface area contributed by atoms with Crippen molar-refractivity contribution < 1.29 is 9.53 Å². The van der Waals surface area contributed by atoms with Crippen LogP contribution < -0.4 is 11.1 Å². The zero-order chi connectivity index (χ0) is 15.5. The van der Waals surface area contributed by atoms with Crippen LogP contribution >= 0.6 is 12.4 Å². The highest BCUT2D eigenvalue weighted by molar-refractivity contribution is 5.85. The van der Waals surface area contributed by atoms with E-state index in [1.165, 1.54) is 0 Å². The van der Waals surface area contributed by atoms with Crippen molar-refractivity contribution in [1.29, 1.82) is 0 Å². The van der Waals surface area contributed by atoms with Crippen molar-refractivity contribution in [3.63, 3.8) is 0 Å². The van der Waals surface area contributed by atoms with Gasteiger partial charge in [-0.15, -0.1) is 12.4 Å². The molecule has 4 atom stereocenters. The summed E-state index contributed by atoms with van der Waals surface area (Å²) in [5, 5.41) is 3.17. The average Bonchev–Trinajstić information content (AvgIpc) is 2.44. The second-order valence-corrected chi connectivity index (χ2v) is 7.93. The monoisotopic (exact) mass is 332 g/mol. The minimum Gasteiger partial charge on any atom is -0.377 e. The molecular formula is C17H33ClN2O2. The van der Waals surface area contributed by atoms with E-state index in [1.54, 1.807) is 0 Å². The Kier molecular flexibility index (Phi) is 7.63. The maximum atomic E-state index is 12.3. The molecule has 4 nitrogen and oxygen atoms in total. The second-order valence-electron chi connectivity index (χ2n) is 7.93. The summed E-state index contributed by atoms with van der Waals surface area (Å²) < 4.78 is 5.98. The zero-order valence-electron chi connectivity index (χ0n) is 14.3. The number of amides is 1. The molecule has 0 aromatic carbocycles. The molecule has 1 aliphatic carbocycles. The van der Waals surface area contributed by atoms with Crippen LogP contribution in [0.3, 0.4) is 0 Å². The number of nitrogens with two attached hydrogens (primary N) is 1. The topological polar surface area (TPSA) is 64.3 Å². The molecule has 0 aromatic rings. The largest absolute Gasteiger partial charge is 0.377 e. The van der Waals surface area contributed by atoms with Gasteiger partial charge in [-0.05, 0) is 37.5 Å². The molecule has 0 radical (unpaired) electrons.